The van der Waals surface area contributed by atoms with Gasteiger partial charge in [0.25, 0.3) is 5.91 Å². The summed E-state index contributed by atoms with van der Waals surface area (Å²) in [6, 6.07) is 25.8. The van der Waals surface area contributed by atoms with E-state index in [4.69, 9.17) is 9.47 Å². The molecule has 4 aromatic rings. The zero-order valence-corrected chi connectivity index (χ0v) is 18.7. The lowest BCUT2D eigenvalue weighted by molar-refractivity contribution is -0.118. The zero-order chi connectivity index (χ0) is 23.8. The SMILES string of the molecule is COc1cc(/C=C/C(=O)c2cccc(-n3cccc3)c2)ccc1OCC(=O)Nc1ccccc1. The Balaban J connectivity index is 1.39. The van der Waals surface area contributed by atoms with E-state index in [9.17, 15) is 9.59 Å². The van der Waals surface area contributed by atoms with Gasteiger partial charge in [0.2, 0.25) is 0 Å². The third-order valence-corrected chi connectivity index (χ3v) is 5.06. The van der Waals surface area contributed by atoms with Crippen LogP contribution in [0.25, 0.3) is 11.8 Å². The molecule has 0 aliphatic carbocycles. The van der Waals surface area contributed by atoms with Gasteiger partial charge in [0.15, 0.2) is 23.9 Å². The van der Waals surface area contributed by atoms with Crippen LogP contribution >= 0.6 is 0 Å². The number of nitrogens with one attached hydrogen (secondary N) is 1. The van der Waals surface area contributed by atoms with Crippen LogP contribution in [0, 0.1) is 0 Å². The number of ether oxygens (including phenoxy) is 2. The van der Waals surface area contributed by atoms with Crippen molar-refractivity contribution < 1.29 is 19.1 Å². The van der Waals surface area contributed by atoms with Gasteiger partial charge in [0, 0.05) is 29.3 Å². The topological polar surface area (TPSA) is 69.6 Å². The molecule has 6 nitrogen and oxygen atoms in total. The molecule has 0 radical (unpaired) electrons. The number of nitrogens with zero attached hydrogens (tertiary/aromatic N) is 1. The number of methoxy groups -OCH3 is 1. The van der Waals surface area contributed by atoms with E-state index in [0.29, 0.717) is 22.7 Å². The van der Waals surface area contributed by atoms with Crippen LogP contribution in [0.1, 0.15) is 15.9 Å². The fraction of sp³-hybridized carbons (Fsp3) is 0.0714. The van der Waals surface area contributed by atoms with Gasteiger partial charge in [-0.1, -0.05) is 42.5 Å². The molecule has 0 aliphatic heterocycles. The predicted molar refractivity (Wildman–Crippen MR) is 133 cm³/mol. The van der Waals surface area contributed by atoms with E-state index >= 15 is 0 Å². The van der Waals surface area contributed by atoms with Gasteiger partial charge in [0.1, 0.15) is 0 Å². The summed E-state index contributed by atoms with van der Waals surface area (Å²) in [5.74, 6) is 0.529. The monoisotopic (exact) mass is 452 g/mol. The molecule has 3 aromatic carbocycles. The van der Waals surface area contributed by atoms with Gasteiger partial charge >= 0.3 is 0 Å². The average molecular weight is 453 g/mol. The molecule has 34 heavy (non-hydrogen) atoms. The number of amides is 1. The highest BCUT2D eigenvalue weighted by Gasteiger charge is 2.09. The van der Waals surface area contributed by atoms with Crippen molar-refractivity contribution in [1.29, 1.82) is 0 Å². The van der Waals surface area contributed by atoms with Crippen molar-refractivity contribution in [1.82, 2.24) is 4.57 Å². The van der Waals surface area contributed by atoms with Crippen molar-refractivity contribution in [2.75, 3.05) is 19.0 Å². The number of benzene rings is 3. The summed E-state index contributed by atoms with van der Waals surface area (Å²) in [6.07, 6.45) is 7.11. The maximum absolute atomic E-state index is 12.7. The number of carbonyl (C=O) groups is 2. The van der Waals surface area contributed by atoms with Gasteiger partial charge in [-0.05, 0) is 60.2 Å². The highest BCUT2D eigenvalue weighted by atomic mass is 16.5. The Bertz CT molecular complexity index is 1300. The second-order valence-corrected chi connectivity index (χ2v) is 7.45. The normalized spacial score (nSPS) is 10.7. The Hall–Kier alpha value is -4.58. The summed E-state index contributed by atoms with van der Waals surface area (Å²) in [7, 11) is 1.53. The molecule has 170 valence electrons. The van der Waals surface area contributed by atoms with Crippen molar-refractivity contribution in [2.45, 2.75) is 0 Å². The highest BCUT2D eigenvalue weighted by Crippen LogP contribution is 2.28. The lowest BCUT2D eigenvalue weighted by Crippen LogP contribution is -2.20. The fourth-order valence-electron chi connectivity index (χ4n) is 3.36. The standard InChI is InChI=1S/C28H24N2O4/c1-33-27-18-21(13-15-26(27)34-20-28(32)29-23-9-3-2-4-10-23)12-14-25(31)22-8-7-11-24(19-22)30-16-5-6-17-30/h2-19H,20H2,1H3,(H,29,32)/b14-12+. The third kappa shape index (κ3) is 5.81. The number of carbonyl (C=O) groups excluding carboxylic acids is 2. The summed E-state index contributed by atoms with van der Waals surface area (Å²) >= 11 is 0. The molecule has 1 amide bonds. The third-order valence-electron chi connectivity index (χ3n) is 5.06. The van der Waals surface area contributed by atoms with Crippen LogP contribution in [0.15, 0.2) is 103 Å². The number of ketones is 1. The van der Waals surface area contributed by atoms with E-state index in [0.717, 1.165) is 11.3 Å². The molecule has 0 saturated heterocycles. The zero-order valence-electron chi connectivity index (χ0n) is 18.7. The van der Waals surface area contributed by atoms with Crippen molar-refractivity contribution in [3.8, 4) is 17.2 Å². The number of hydrogen-bond acceptors (Lipinski definition) is 4. The van der Waals surface area contributed by atoms with Gasteiger partial charge < -0.3 is 19.4 Å². The predicted octanol–water partition coefficient (Wildman–Crippen LogP) is 5.40. The molecule has 0 fully saturated rings. The van der Waals surface area contributed by atoms with Crippen LogP contribution in [0.3, 0.4) is 0 Å². The van der Waals surface area contributed by atoms with E-state index in [-0.39, 0.29) is 18.3 Å². The Morgan fingerprint density at radius 3 is 2.44 bits per heavy atom. The second-order valence-electron chi connectivity index (χ2n) is 7.45. The molecular weight excluding hydrogens is 428 g/mol. The summed E-state index contributed by atoms with van der Waals surface area (Å²) in [5.41, 5.74) is 2.99. The lowest BCUT2D eigenvalue weighted by atomic mass is 10.1. The molecule has 0 saturated carbocycles. The number of aromatic nitrogens is 1. The highest BCUT2D eigenvalue weighted by molar-refractivity contribution is 6.07. The fourth-order valence-corrected chi connectivity index (χ4v) is 3.36. The molecule has 0 aliphatic rings. The molecule has 0 atom stereocenters. The van der Waals surface area contributed by atoms with Crippen LogP contribution in [0.4, 0.5) is 5.69 Å². The molecular formula is C28H24N2O4. The average Bonchev–Trinajstić information content (AvgIpc) is 3.42. The lowest BCUT2D eigenvalue weighted by Gasteiger charge is -2.11. The summed E-state index contributed by atoms with van der Waals surface area (Å²) < 4.78 is 13.0. The smallest absolute Gasteiger partial charge is 0.262 e. The maximum atomic E-state index is 12.7. The largest absolute Gasteiger partial charge is 0.493 e. The van der Waals surface area contributed by atoms with Crippen LogP contribution in [-0.4, -0.2) is 30.0 Å². The first-order chi connectivity index (χ1) is 16.6. The van der Waals surface area contributed by atoms with Crippen molar-refractivity contribution >= 4 is 23.5 Å². The van der Waals surface area contributed by atoms with Crippen LogP contribution in [0.2, 0.25) is 0 Å². The van der Waals surface area contributed by atoms with E-state index < -0.39 is 0 Å². The molecule has 0 spiro atoms. The molecule has 6 heteroatoms. The van der Waals surface area contributed by atoms with Gasteiger partial charge in [-0.2, -0.15) is 0 Å². The first-order valence-corrected chi connectivity index (χ1v) is 10.7. The molecule has 1 N–H and O–H groups in total. The van der Waals surface area contributed by atoms with Crippen LogP contribution in [-0.2, 0) is 4.79 Å². The van der Waals surface area contributed by atoms with E-state index in [1.165, 1.54) is 13.2 Å². The van der Waals surface area contributed by atoms with E-state index in [1.807, 2.05) is 65.5 Å². The van der Waals surface area contributed by atoms with Gasteiger partial charge in [-0.3, -0.25) is 9.59 Å². The first-order valence-electron chi connectivity index (χ1n) is 10.7. The minimum absolute atomic E-state index is 0.106. The van der Waals surface area contributed by atoms with Crippen molar-refractivity contribution in [2.24, 2.45) is 0 Å². The van der Waals surface area contributed by atoms with Crippen LogP contribution in [0.5, 0.6) is 11.5 Å². The Kier molecular flexibility index (Phi) is 7.20. The molecule has 1 heterocycles. The van der Waals surface area contributed by atoms with E-state index in [1.54, 1.807) is 42.5 Å². The number of hydrogen-bond donors (Lipinski definition) is 1. The summed E-state index contributed by atoms with van der Waals surface area (Å²) in [5, 5.41) is 2.77. The Morgan fingerprint density at radius 2 is 1.68 bits per heavy atom. The van der Waals surface area contributed by atoms with Gasteiger partial charge in [0.05, 0.1) is 7.11 Å². The summed E-state index contributed by atoms with van der Waals surface area (Å²) in [4.78, 5) is 24.8. The quantitative estimate of drug-likeness (QED) is 0.273. The van der Waals surface area contributed by atoms with Gasteiger partial charge in [-0.15, -0.1) is 0 Å². The van der Waals surface area contributed by atoms with Crippen LogP contribution < -0.4 is 14.8 Å². The molecule has 1 aromatic heterocycles. The number of anilines is 1. The first kappa shape index (κ1) is 22.6. The number of para-hydroxylation sites is 1. The molecule has 0 unspecified atom stereocenters. The van der Waals surface area contributed by atoms with E-state index in [2.05, 4.69) is 5.32 Å². The van der Waals surface area contributed by atoms with Crippen molar-refractivity contribution in [3.05, 3.63) is 115 Å². The molecule has 4 rings (SSSR count). The minimum Gasteiger partial charge on any atom is -0.493 e. The maximum Gasteiger partial charge on any atom is 0.262 e. The number of rotatable bonds is 9. The number of allylic oxidation sites excluding steroid dienone is 1. The Morgan fingerprint density at radius 1 is 0.882 bits per heavy atom. The van der Waals surface area contributed by atoms with Gasteiger partial charge in [-0.25, -0.2) is 0 Å². The minimum atomic E-state index is -0.273. The Labute approximate surface area is 198 Å². The van der Waals surface area contributed by atoms with Crippen molar-refractivity contribution in [3.63, 3.8) is 0 Å². The second kappa shape index (κ2) is 10.8. The summed E-state index contributed by atoms with van der Waals surface area (Å²) in [6.45, 7) is -0.156. The molecule has 0 bridgehead atoms.